The average molecular weight is 233 g/mol. The lowest BCUT2D eigenvalue weighted by atomic mass is 9.90. The Hall–Kier alpha value is -1.35. The van der Waals surface area contributed by atoms with E-state index in [0.29, 0.717) is 6.54 Å². The number of hydrogen-bond donors (Lipinski definition) is 1. The Balaban J connectivity index is 1.98. The molecule has 1 atom stereocenters. The molecule has 92 valence electrons. The van der Waals surface area contributed by atoms with Crippen LogP contribution in [0.1, 0.15) is 24.5 Å². The summed E-state index contributed by atoms with van der Waals surface area (Å²) >= 11 is 0. The average Bonchev–Trinajstić information content (AvgIpc) is 2.65. The van der Waals surface area contributed by atoms with Gasteiger partial charge in [-0.3, -0.25) is 9.69 Å². The molecule has 1 aromatic rings. The molecule has 0 aromatic heterocycles. The summed E-state index contributed by atoms with van der Waals surface area (Å²) in [7, 11) is 0. The number of carbonyl (C=O) groups is 1. The second kappa shape index (κ2) is 4.49. The van der Waals surface area contributed by atoms with Crippen molar-refractivity contribution in [3.8, 4) is 0 Å². The molecule has 1 fully saturated rings. The Kier molecular flexibility index (Phi) is 3.20. The third-order valence-corrected chi connectivity index (χ3v) is 3.60. The summed E-state index contributed by atoms with van der Waals surface area (Å²) in [5, 5.41) is 9.17. The summed E-state index contributed by atoms with van der Waals surface area (Å²) in [5.74, 6) is -0.677. The van der Waals surface area contributed by atoms with Gasteiger partial charge in [-0.1, -0.05) is 29.8 Å². The third-order valence-electron chi connectivity index (χ3n) is 3.60. The number of nitrogens with zero attached hydrogens (tertiary/aromatic N) is 1. The van der Waals surface area contributed by atoms with E-state index in [-0.39, 0.29) is 0 Å². The lowest BCUT2D eigenvalue weighted by Crippen LogP contribution is -2.31. The lowest BCUT2D eigenvalue weighted by molar-refractivity contribution is -0.147. The van der Waals surface area contributed by atoms with Crippen LogP contribution in [-0.4, -0.2) is 29.1 Å². The van der Waals surface area contributed by atoms with Gasteiger partial charge < -0.3 is 5.11 Å². The Morgan fingerprint density at radius 2 is 2.06 bits per heavy atom. The Labute approximate surface area is 102 Å². The van der Waals surface area contributed by atoms with Crippen LogP contribution in [0, 0.1) is 12.3 Å². The van der Waals surface area contributed by atoms with E-state index in [4.69, 9.17) is 5.11 Å². The summed E-state index contributed by atoms with van der Waals surface area (Å²) in [6.07, 6.45) is 0.744. The van der Waals surface area contributed by atoms with Gasteiger partial charge in [0.1, 0.15) is 0 Å². The van der Waals surface area contributed by atoms with Crippen LogP contribution < -0.4 is 0 Å². The van der Waals surface area contributed by atoms with Gasteiger partial charge in [-0.2, -0.15) is 0 Å². The zero-order chi connectivity index (χ0) is 12.5. The maximum absolute atomic E-state index is 11.1. The Morgan fingerprint density at radius 1 is 1.41 bits per heavy atom. The quantitative estimate of drug-likeness (QED) is 0.870. The van der Waals surface area contributed by atoms with Crippen LogP contribution in [0.4, 0.5) is 0 Å². The molecule has 1 saturated heterocycles. The number of likely N-dealkylation sites (tertiary alicyclic amines) is 1. The number of hydrogen-bond acceptors (Lipinski definition) is 2. The molecule has 2 rings (SSSR count). The van der Waals surface area contributed by atoms with Crippen molar-refractivity contribution in [1.82, 2.24) is 4.90 Å². The highest BCUT2D eigenvalue weighted by molar-refractivity contribution is 5.74. The molecule has 0 spiro atoms. The molecule has 1 aliphatic rings. The van der Waals surface area contributed by atoms with E-state index in [1.807, 2.05) is 6.92 Å². The molecule has 0 bridgehead atoms. The molecule has 1 aliphatic heterocycles. The highest BCUT2D eigenvalue weighted by atomic mass is 16.4. The van der Waals surface area contributed by atoms with Gasteiger partial charge >= 0.3 is 5.97 Å². The van der Waals surface area contributed by atoms with Gasteiger partial charge in [0.05, 0.1) is 5.41 Å². The molecule has 17 heavy (non-hydrogen) atoms. The van der Waals surface area contributed by atoms with Crippen LogP contribution in [-0.2, 0) is 11.3 Å². The molecule has 0 aliphatic carbocycles. The highest BCUT2D eigenvalue weighted by Gasteiger charge is 2.40. The monoisotopic (exact) mass is 233 g/mol. The molecule has 3 nitrogen and oxygen atoms in total. The Bertz CT molecular complexity index is 413. The molecule has 0 radical (unpaired) electrons. The van der Waals surface area contributed by atoms with Crippen molar-refractivity contribution in [2.75, 3.05) is 13.1 Å². The maximum atomic E-state index is 11.1. The number of benzene rings is 1. The normalized spacial score (nSPS) is 25.1. The van der Waals surface area contributed by atoms with Gasteiger partial charge in [0.2, 0.25) is 0 Å². The summed E-state index contributed by atoms with van der Waals surface area (Å²) in [6, 6.07) is 8.43. The predicted molar refractivity (Wildman–Crippen MR) is 66.8 cm³/mol. The van der Waals surface area contributed by atoms with Crippen LogP contribution in [0.2, 0.25) is 0 Å². The van der Waals surface area contributed by atoms with Crippen molar-refractivity contribution in [2.45, 2.75) is 26.8 Å². The van der Waals surface area contributed by atoms with E-state index in [0.717, 1.165) is 19.5 Å². The zero-order valence-corrected chi connectivity index (χ0v) is 10.4. The molecule has 3 heteroatoms. The van der Waals surface area contributed by atoms with Gasteiger partial charge in [0.15, 0.2) is 0 Å². The van der Waals surface area contributed by atoms with Crippen molar-refractivity contribution in [1.29, 1.82) is 0 Å². The second-order valence-corrected chi connectivity index (χ2v) is 5.31. The number of rotatable bonds is 3. The number of aryl methyl sites for hydroxylation is 1. The first-order chi connectivity index (χ1) is 7.99. The minimum Gasteiger partial charge on any atom is -0.481 e. The largest absolute Gasteiger partial charge is 0.481 e. The molecule has 1 unspecified atom stereocenters. The smallest absolute Gasteiger partial charge is 0.310 e. The molecule has 0 amide bonds. The van der Waals surface area contributed by atoms with Crippen LogP contribution in [0.5, 0.6) is 0 Å². The first kappa shape index (κ1) is 12.1. The minimum atomic E-state index is -0.677. The molecular formula is C14H19NO2. The maximum Gasteiger partial charge on any atom is 0.310 e. The van der Waals surface area contributed by atoms with E-state index < -0.39 is 11.4 Å². The first-order valence-electron chi connectivity index (χ1n) is 6.01. The van der Waals surface area contributed by atoms with E-state index in [2.05, 4.69) is 36.1 Å². The summed E-state index contributed by atoms with van der Waals surface area (Å²) in [5.41, 5.74) is 1.95. The molecule has 1 aromatic carbocycles. The fourth-order valence-electron chi connectivity index (χ4n) is 2.32. The number of carboxylic acids is 1. The fraction of sp³-hybridized carbons (Fsp3) is 0.500. The lowest BCUT2D eigenvalue weighted by Gasteiger charge is -2.20. The molecule has 1 N–H and O–H groups in total. The topological polar surface area (TPSA) is 40.5 Å². The third kappa shape index (κ3) is 2.67. The van der Waals surface area contributed by atoms with Gasteiger partial charge in [-0.05, 0) is 32.4 Å². The van der Waals surface area contributed by atoms with Crippen LogP contribution in [0.3, 0.4) is 0 Å². The van der Waals surface area contributed by atoms with Gasteiger partial charge in [-0.25, -0.2) is 0 Å². The molecule has 0 saturated carbocycles. The van der Waals surface area contributed by atoms with Crippen molar-refractivity contribution in [3.63, 3.8) is 0 Å². The highest BCUT2D eigenvalue weighted by Crippen LogP contribution is 2.30. The molecule has 1 heterocycles. The number of aliphatic carboxylic acids is 1. The summed E-state index contributed by atoms with van der Waals surface area (Å²) < 4.78 is 0. The fourth-order valence-corrected chi connectivity index (χ4v) is 2.32. The van der Waals surface area contributed by atoms with Crippen molar-refractivity contribution in [3.05, 3.63) is 35.4 Å². The predicted octanol–water partition coefficient (Wildman–Crippen LogP) is 2.29. The standard InChI is InChI=1S/C14H19NO2/c1-11-3-5-12(6-4-11)9-15-8-7-14(2,10-15)13(16)17/h3-6H,7-10H2,1-2H3,(H,16,17). The van der Waals surface area contributed by atoms with Crippen molar-refractivity contribution < 1.29 is 9.90 Å². The van der Waals surface area contributed by atoms with E-state index >= 15 is 0 Å². The van der Waals surface area contributed by atoms with Gasteiger partial charge in [0.25, 0.3) is 0 Å². The van der Waals surface area contributed by atoms with Crippen molar-refractivity contribution >= 4 is 5.97 Å². The molecular weight excluding hydrogens is 214 g/mol. The van der Waals surface area contributed by atoms with E-state index in [1.165, 1.54) is 11.1 Å². The minimum absolute atomic E-state index is 0.565. The van der Waals surface area contributed by atoms with Crippen LogP contribution >= 0.6 is 0 Å². The summed E-state index contributed by atoms with van der Waals surface area (Å²) in [6.45, 7) is 6.28. The van der Waals surface area contributed by atoms with Crippen LogP contribution in [0.15, 0.2) is 24.3 Å². The first-order valence-corrected chi connectivity index (χ1v) is 6.01. The van der Waals surface area contributed by atoms with E-state index in [1.54, 1.807) is 0 Å². The van der Waals surface area contributed by atoms with Gasteiger partial charge in [0, 0.05) is 13.1 Å². The van der Waals surface area contributed by atoms with Crippen LogP contribution in [0.25, 0.3) is 0 Å². The number of carboxylic acid groups (broad SMARTS) is 1. The SMILES string of the molecule is Cc1ccc(CN2CCC(C)(C(=O)O)C2)cc1. The van der Waals surface area contributed by atoms with E-state index in [9.17, 15) is 4.79 Å². The van der Waals surface area contributed by atoms with Gasteiger partial charge in [-0.15, -0.1) is 0 Å². The Morgan fingerprint density at radius 3 is 2.59 bits per heavy atom. The summed E-state index contributed by atoms with van der Waals surface area (Å²) in [4.78, 5) is 13.4. The zero-order valence-electron chi connectivity index (χ0n) is 10.4. The second-order valence-electron chi connectivity index (χ2n) is 5.31. The van der Waals surface area contributed by atoms with Crippen molar-refractivity contribution in [2.24, 2.45) is 5.41 Å².